The fraction of sp³-hybridized carbons (Fsp3) is 0.200. The maximum atomic E-state index is 12.1. The van der Waals surface area contributed by atoms with E-state index in [-0.39, 0.29) is 0 Å². The van der Waals surface area contributed by atoms with Crippen molar-refractivity contribution < 1.29 is 9.53 Å². The van der Waals surface area contributed by atoms with Crippen LogP contribution in [0, 0.1) is 0 Å². The summed E-state index contributed by atoms with van der Waals surface area (Å²) >= 11 is 1.40. The van der Waals surface area contributed by atoms with Crippen molar-refractivity contribution in [3.8, 4) is 0 Å². The predicted molar refractivity (Wildman–Crippen MR) is 89.1 cm³/mol. The number of ether oxygens (including phenoxy) is 1. The number of esters is 1. The van der Waals surface area contributed by atoms with Gasteiger partial charge in [0.25, 0.3) is 0 Å². The van der Waals surface area contributed by atoms with Crippen LogP contribution in [0.2, 0.25) is 0 Å². The quantitative estimate of drug-likeness (QED) is 0.422. The molecule has 0 aliphatic heterocycles. The van der Waals surface area contributed by atoms with E-state index in [2.05, 4.69) is 25.5 Å². The summed E-state index contributed by atoms with van der Waals surface area (Å²) in [6.45, 7) is 2.05. The van der Waals surface area contributed by atoms with Crippen LogP contribution in [0.15, 0.2) is 35.7 Å². The van der Waals surface area contributed by atoms with Crippen LogP contribution < -0.4 is 5.32 Å². The maximum absolute atomic E-state index is 12.1. The zero-order valence-corrected chi connectivity index (χ0v) is 13.5. The fourth-order valence-electron chi connectivity index (χ4n) is 2.07. The van der Waals surface area contributed by atoms with Crippen molar-refractivity contribution in [1.82, 2.24) is 20.2 Å². The molecule has 118 valence electrons. The minimum atomic E-state index is -0.453. The summed E-state index contributed by atoms with van der Waals surface area (Å²) in [5.41, 5.74) is 1.99. The van der Waals surface area contributed by atoms with Gasteiger partial charge in [0.2, 0.25) is 0 Å². The Kier molecular flexibility index (Phi) is 4.42. The number of hydrogen-bond donors (Lipinski definition) is 2. The molecule has 0 aliphatic carbocycles. The number of fused-ring (bicyclic) bond motifs is 1. The molecule has 0 aliphatic rings. The zero-order chi connectivity index (χ0) is 16.2. The molecule has 7 nitrogen and oxygen atoms in total. The standard InChI is InChI=1S/C15H15N5O2S/c1-3-22-14(21)11-8-16-15(23-2)19-13(11)18-10-5-4-9-7-17-20-12(9)6-10/h4-8H,3H2,1-2H3,(H,17,20)(H,16,18,19). The van der Waals surface area contributed by atoms with Crippen LogP contribution in [0.3, 0.4) is 0 Å². The molecule has 8 heteroatoms. The topological polar surface area (TPSA) is 92.8 Å². The Morgan fingerprint density at radius 3 is 3.04 bits per heavy atom. The second kappa shape index (κ2) is 6.66. The van der Waals surface area contributed by atoms with Gasteiger partial charge in [0.05, 0.1) is 18.3 Å². The van der Waals surface area contributed by atoms with Gasteiger partial charge < -0.3 is 10.1 Å². The van der Waals surface area contributed by atoms with Crippen LogP contribution in [0.1, 0.15) is 17.3 Å². The Labute approximate surface area is 136 Å². The number of benzene rings is 1. The van der Waals surface area contributed by atoms with Crippen molar-refractivity contribution in [3.05, 3.63) is 36.2 Å². The van der Waals surface area contributed by atoms with Gasteiger partial charge in [-0.3, -0.25) is 5.10 Å². The lowest BCUT2D eigenvalue weighted by atomic mass is 10.2. The smallest absolute Gasteiger partial charge is 0.343 e. The second-order valence-electron chi connectivity index (χ2n) is 4.64. The van der Waals surface area contributed by atoms with Crippen molar-refractivity contribution in [1.29, 1.82) is 0 Å². The molecule has 0 saturated carbocycles. The van der Waals surface area contributed by atoms with E-state index in [9.17, 15) is 4.79 Å². The first kappa shape index (κ1) is 15.3. The molecule has 2 heterocycles. The lowest BCUT2D eigenvalue weighted by Gasteiger charge is -2.11. The average Bonchev–Trinajstić information content (AvgIpc) is 3.02. The van der Waals surface area contributed by atoms with Crippen LogP contribution in [0.25, 0.3) is 10.9 Å². The summed E-state index contributed by atoms with van der Waals surface area (Å²) in [7, 11) is 0. The van der Waals surface area contributed by atoms with E-state index in [0.29, 0.717) is 23.1 Å². The Morgan fingerprint density at radius 1 is 1.39 bits per heavy atom. The Hall–Kier alpha value is -2.61. The lowest BCUT2D eigenvalue weighted by Crippen LogP contribution is -2.10. The third kappa shape index (κ3) is 3.26. The molecule has 0 unspecified atom stereocenters. The monoisotopic (exact) mass is 329 g/mol. The number of thioether (sulfide) groups is 1. The zero-order valence-electron chi connectivity index (χ0n) is 12.7. The normalized spacial score (nSPS) is 10.7. The van der Waals surface area contributed by atoms with E-state index in [4.69, 9.17) is 4.74 Å². The first-order chi connectivity index (χ1) is 11.2. The van der Waals surface area contributed by atoms with Gasteiger partial charge in [-0.05, 0) is 31.4 Å². The highest BCUT2D eigenvalue weighted by Gasteiger charge is 2.16. The predicted octanol–water partition coefficient (Wildman–Crippen LogP) is 3.00. The van der Waals surface area contributed by atoms with Crippen LogP contribution in [-0.4, -0.2) is 39.0 Å². The SMILES string of the molecule is CCOC(=O)c1cnc(SC)nc1Nc1ccc2cn[nH]c2c1. The number of aromatic amines is 1. The summed E-state index contributed by atoms with van der Waals surface area (Å²) in [4.78, 5) is 20.6. The molecule has 0 spiro atoms. The van der Waals surface area contributed by atoms with Gasteiger partial charge in [0.15, 0.2) is 5.16 Å². The number of carbonyl (C=O) groups is 1. The third-order valence-electron chi connectivity index (χ3n) is 3.15. The highest BCUT2D eigenvalue weighted by Crippen LogP contribution is 2.24. The molecule has 0 atom stereocenters. The van der Waals surface area contributed by atoms with Crippen molar-refractivity contribution in [2.45, 2.75) is 12.1 Å². The number of rotatable bonds is 5. The summed E-state index contributed by atoms with van der Waals surface area (Å²) in [6, 6.07) is 5.73. The van der Waals surface area contributed by atoms with Gasteiger partial charge in [-0.2, -0.15) is 5.10 Å². The van der Waals surface area contributed by atoms with Crippen molar-refractivity contribution in [2.24, 2.45) is 0 Å². The number of carbonyl (C=O) groups excluding carboxylic acids is 1. The number of nitrogens with one attached hydrogen (secondary N) is 2. The van der Waals surface area contributed by atoms with Gasteiger partial charge >= 0.3 is 5.97 Å². The van der Waals surface area contributed by atoms with Gasteiger partial charge in [-0.25, -0.2) is 14.8 Å². The van der Waals surface area contributed by atoms with Crippen LogP contribution in [0.4, 0.5) is 11.5 Å². The van der Waals surface area contributed by atoms with Crippen molar-refractivity contribution in [2.75, 3.05) is 18.2 Å². The largest absolute Gasteiger partial charge is 0.462 e. The summed E-state index contributed by atoms with van der Waals surface area (Å²) in [5, 5.41) is 11.6. The molecule has 0 radical (unpaired) electrons. The summed E-state index contributed by atoms with van der Waals surface area (Å²) < 4.78 is 5.06. The molecule has 23 heavy (non-hydrogen) atoms. The van der Waals surface area contributed by atoms with Gasteiger partial charge in [-0.15, -0.1) is 0 Å². The second-order valence-corrected chi connectivity index (χ2v) is 5.41. The van der Waals surface area contributed by atoms with Crippen LogP contribution in [-0.2, 0) is 4.74 Å². The first-order valence-corrected chi connectivity index (χ1v) is 8.22. The minimum absolute atomic E-state index is 0.294. The maximum Gasteiger partial charge on any atom is 0.343 e. The van der Waals surface area contributed by atoms with E-state index in [1.807, 2.05) is 24.5 Å². The van der Waals surface area contributed by atoms with Gasteiger partial charge in [0.1, 0.15) is 11.4 Å². The van der Waals surface area contributed by atoms with Gasteiger partial charge in [-0.1, -0.05) is 11.8 Å². The molecular weight excluding hydrogens is 314 g/mol. The Balaban J connectivity index is 1.97. The highest BCUT2D eigenvalue weighted by atomic mass is 32.2. The number of nitrogens with zero attached hydrogens (tertiary/aromatic N) is 3. The van der Waals surface area contributed by atoms with E-state index in [1.54, 1.807) is 13.1 Å². The molecule has 3 aromatic rings. The molecular formula is C15H15N5O2S. The molecule has 0 fully saturated rings. The Bertz CT molecular complexity index is 849. The lowest BCUT2D eigenvalue weighted by molar-refractivity contribution is 0.0526. The molecule has 3 rings (SSSR count). The number of aromatic nitrogens is 4. The average molecular weight is 329 g/mol. The molecule has 2 N–H and O–H groups in total. The van der Waals surface area contributed by atoms with E-state index in [1.165, 1.54) is 18.0 Å². The van der Waals surface area contributed by atoms with E-state index < -0.39 is 5.97 Å². The number of anilines is 2. The first-order valence-electron chi connectivity index (χ1n) is 6.99. The van der Waals surface area contributed by atoms with E-state index >= 15 is 0 Å². The molecule has 0 bridgehead atoms. The van der Waals surface area contributed by atoms with Crippen LogP contribution >= 0.6 is 11.8 Å². The Morgan fingerprint density at radius 2 is 2.26 bits per heavy atom. The summed E-state index contributed by atoms with van der Waals surface area (Å²) in [5.74, 6) is -0.0352. The fourth-order valence-corrected chi connectivity index (χ4v) is 2.41. The molecule has 2 aromatic heterocycles. The molecule has 0 saturated heterocycles. The van der Waals surface area contributed by atoms with Crippen molar-refractivity contribution >= 4 is 40.1 Å². The molecule has 1 aromatic carbocycles. The van der Waals surface area contributed by atoms with E-state index in [0.717, 1.165) is 16.6 Å². The number of H-pyrrole nitrogens is 1. The van der Waals surface area contributed by atoms with Crippen molar-refractivity contribution in [3.63, 3.8) is 0 Å². The highest BCUT2D eigenvalue weighted by molar-refractivity contribution is 7.98. The minimum Gasteiger partial charge on any atom is -0.462 e. The number of hydrogen-bond acceptors (Lipinski definition) is 7. The van der Waals surface area contributed by atoms with Crippen LogP contribution in [0.5, 0.6) is 0 Å². The summed E-state index contributed by atoms with van der Waals surface area (Å²) in [6.07, 6.45) is 5.10. The third-order valence-corrected chi connectivity index (χ3v) is 3.71. The molecule has 0 amide bonds. The van der Waals surface area contributed by atoms with Gasteiger partial charge in [0, 0.05) is 17.3 Å².